The molecular formula is C13H19ClN4. The molecule has 2 rings (SSSR count). The van der Waals surface area contributed by atoms with Gasteiger partial charge in [0, 0.05) is 12.6 Å². The second kappa shape index (κ2) is 7.13. The van der Waals surface area contributed by atoms with Crippen LogP contribution in [0.5, 0.6) is 0 Å². The molecule has 0 saturated carbocycles. The highest BCUT2D eigenvalue weighted by Crippen LogP contribution is 2.06. The third kappa shape index (κ3) is 3.82. The van der Waals surface area contributed by atoms with Crippen molar-refractivity contribution in [3.63, 3.8) is 0 Å². The molecule has 0 amide bonds. The summed E-state index contributed by atoms with van der Waals surface area (Å²) >= 11 is 0. The minimum atomic E-state index is 0. The van der Waals surface area contributed by atoms with Crippen LogP contribution in [0.3, 0.4) is 0 Å². The number of aryl methyl sites for hydroxylation is 1. The van der Waals surface area contributed by atoms with E-state index in [1.165, 1.54) is 11.1 Å². The molecule has 0 aliphatic carbocycles. The molecule has 0 radical (unpaired) electrons. The van der Waals surface area contributed by atoms with Crippen molar-refractivity contribution < 1.29 is 0 Å². The first-order valence-electron chi connectivity index (χ1n) is 5.98. The van der Waals surface area contributed by atoms with Gasteiger partial charge in [0.05, 0.1) is 12.2 Å². The minimum Gasteiger partial charge on any atom is -0.330 e. The highest BCUT2D eigenvalue weighted by atomic mass is 35.5. The quantitative estimate of drug-likeness (QED) is 0.898. The predicted molar refractivity (Wildman–Crippen MR) is 75.0 cm³/mol. The second-order valence-corrected chi connectivity index (χ2v) is 4.12. The first-order valence-corrected chi connectivity index (χ1v) is 5.98. The highest BCUT2D eigenvalue weighted by Gasteiger charge is 2.00. The van der Waals surface area contributed by atoms with Gasteiger partial charge in [-0.15, -0.1) is 17.5 Å². The number of nitrogens with zero attached hydrogens (tertiary/aromatic N) is 3. The SMILES string of the molecule is CCc1ccc(Cn2cc(CCN)nn2)cc1.Cl. The van der Waals surface area contributed by atoms with E-state index in [1.54, 1.807) is 0 Å². The van der Waals surface area contributed by atoms with Crippen LogP contribution in [0.15, 0.2) is 30.5 Å². The zero-order valence-electron chi connectivity index (χ0n) is 10.5. The average molecular weight is 267 g/mol. The van der Waals surface area contributed by atoms with E-state index < -0.39 is 0 Å². The summed E-state index contributed by atoms with van der Waals surface area (Å²) in [4.78, 5) is 0. The maximum Gasteiger partial charge on any atom is 0.0839 e. The minimum absolute atomic E-state index is 0. The summed E-state index contributed by atoms with van der Waals surface area (Å²) in [6, 6.07) is 8.60. The molecule has 5 heteroatoms. The maximum atomic E-state index is 5.48. The standard InChI is InChI=1S/C13H18N4.ClH/c1-2-11-3-5-12(6-4-11)9-17-10-13(7-8-14)15-16-17;/h3-6,10H,2,7-9,14H2,1H3;1H. The Hall–Kier alpha value is -1.39. The summed E-state index contributed by atoms with van der Waals surface area (Å²) in [6.07, 6.45) is 3.82. The normalized spacial score (nSPS) is 10.1. The molecule has 1 heterocycles. The van der Waals surface area contributed by atoms with Crippen molar-refractivity contribution in [2.45, 2.75) is 26.3 Å². The molecule has 0 aliphatic rings. The van der Waals surface area contributed by atoms with Crippen molar-refractivity contribution in [1.29, 1.82) is 0 Å². The van der Waals surface area contributed by atoms with Gasteiger partial charge in [0.15, 0.2) is 0 Å². The van der Waals surface area contributed by atoms with Crippen LogP contribution < -0.4 is 5.73 Å². The number of benzene rings is 1. The molecule has 1 aromatic heterocycles. The van der Waals surface area contributed by atoms with Crippen LogP contribution in [-0.4, -0.2) is 21.5 Å². The Morgan fingerprint density at radius 1 is 1.17 bits per heavy atom. The summed E-state index contributed by atoms with van der Waals surface area (Å²) in [7, 11) is 0. The van der Waals surface area contributed by atoms with E-state index in [9.17, 15) is 0 Å². The molecule has 98 valence electrons. The maximum absolute atomic E-state index is 5.48. The van der Waals surface area contributed by atoms with E-state index in [1.807, 2.05) is 10.9 Å². The Labute approximate surface area is 114 Å². The first-order chi connectivity index (χ1) is 8.31. The van der Waals surface area contributed by atoms with Gasteiger partial charge in [-0.25, -0.2) is 4.68 Å². The van der Waals surface area contributed by atoms with Crippen LogP contribution in [0, 0.1) is 0 Å². The van der Waals surface area contributed by atoms with Crippen LogP contribution in [0.2, 0.25) is 0 Å². The average Bonchev–Trinajstić information content (AvgIpc) is 2.78. The van der Waals surface area contributed by atoms with E-state index >= 15 is 0 Å². The van der Waals surface area contributed by atoms with Crippen molar-refractivity contribution in [3.8, 4) is 0 Å². The van der Waals surface area contributed by atoms with Crippen LogP contribution in [0.1, 0.15) is 23.7 Å². The van der Waals surface area contributed by atoms with Crippen LogP contribution in [-0.2, 0) is 19.4 Å². The van der Waals surface area contributed by atoms with E-state index in [0.717, 1.165) is 25.1 Å². The molecule has 0 saturated heterocycles. The van der Waals surface area contributed by atoms with Gasteiger partial charge in [-0.1, -0.05) is 36.4 Å². The number of hydrogen-bond donors (Lipinski definition) is 1. The number of halogens is 1. The van der Waals surface area contributed by atoms with Gasteiger partial charge in [-0.2, -0.15) is 0 Å². The number of aromatic nitrogens is 3. The first kappa shape index (κ1) is 14.7. The van der Waals surface area contributed by atoms with Gasteiger partial charge in [0.2, 0.25) is 0 Å². The molecule has 18 heavy (non-hydrogen) atoms. The monoisotopic (exact) mass is 266 g/mol. The van der Waals surface area contributed by atoms with Crippen molar-refractivity contribution >= 4 is 12.4 Å². The summed E-state index contributed by atoms with van der Waals surface area (Å²) in [5, 5.41) is 8.15. The van der Waals surface area contributed by atoms with Gasteiger partial charge in [0.1, 0.15) is 0 Å². The Balaban J connectivity index is 0.00000162. The zero-order chi connectivity index (χ0) is 12.1. The van der Waals surface area contributed by atoms with Gasteiger partial charge in [-0.3, -0.25) is 0 Å². The van der Waals surface area contributed by atoms with Gasteiger partial charge >= 0.3 is 0 Å². The van der Waals surface area contributed by atoms with Crippen LogP contribution >= 0.6 is 12.4 Å². The van der Waals surface area contributed by atoms with E-state index in [2.05, 4.69) is 41.5 Å². The lowest BCUT2D eigenvalue weighted by Crippen LogP contribution is -2.02. The summed E-state index contributed by atoms with van der Waals surface area (Å²) in [5.41, 5.74) is 9.03. The number of nitrogens with two attached hydrogens (primary N) is 1. The van der Waals surface area contributed by atoms with E-state index in [-0.39, 0.29) is 12.4 Å². The second-order valence-electron chi connectivity index (χ2n) is 4.12. The Bertz CT molecular complexity index is 464. The lowest BCUT2D eigenvalue weighted by Gasteiger charge is -2.02. The fourth-order valence-electron chi connectivity index (χ4n) is 1.75. The molecule has 0 aliphatic heterocycles. The topological polar surface area (TPSA) is 56.7 Å². The largest absolute Gasteiger partial charge is 0.330 e. The molecule has 0 spiro atoms. The molecular weight excluding hydrogens is 248 g/mol. The lowest BCUT2D eigenvalue weighted by atomic mass is 10.1. The third-order valence-corrected chi connectivity index (χ3v) is 2.76. The fraction of sp³-hybridized carbons (Fsp3) is 0.385. The van der Waals surface area contributed by atoms with Gasteiger partial charge in [-0.05, 0) is 24.1 Å². The smallest absolute Gasteiger partial charge is 0.0839 e. The van der Waals surface area contributed by atoms with Crippen molar-refractivity contribution in [2.75, 3.05) is 6.54 Å². The predicted octanol–water partition coefficient (Wildman–Crippen LogP) is 1.81. The molecule has 0 fully saturated rings. The molecule has 0 unspecified atom stereocenters. The van der Waals surface area contributed by atoms with Crippen LogP contribution in [0.25, 0.3) is 0 Å². The van der Waals surface area contributed by atoms with Crippen molar-refractivity contribution in [2.24, 2.45) is 5.73 Å². The molecule has 2 N–H and O–H groups in total. The number of hydrogen-bond acceptors (Lipinski definition) is 3. The summed E-state index contributed by atoms with van der Waals surface area (Å²) in [6.45, 7) is 3.54. The Kier molecular flexibility index (Phi) is 5.82. The Morgan fingerprint density at radius 3 is 2.44 bits per heavy atom. The molecule has 2 aromatic rings. The molecule has 1 aromatic carbocycles. The van der Waals surface area contributed by atoms with Crippen LogP contribution in [0.4, 0.5) is 0 Å². The number of rotatable bonds is 5. The molecule has 0 atom stereocenters. The highest BCUT2D eigenvalue weighted by molar-refractivity contribution is 5.85. The summed E-state index contributed by atoms with van der Waals surface area (Å²) < 4.78 is 1.85. The third-order valence-electron chi connectivity index (χ3n) is 2.76. The fourth-order valence-corrected chi connectivity index (χ4v) is 1.75. The Morgan fingerprint density at radius 2 is 1.83 bits per heavy atom. The van der Waals surface area contributed by atoms with Gasteiger partial charge in [0.25, 0.3) is 0 Å². The lowest BCUT2D eigenvalue weighted by molar-refractivity contribution is 0.649. The van der Waals surface area contributed by atoms with Gasteiger partial charge < -0.3 is 5.73 Å². The van der Waals surface area contributed by atoms with E-state index in [0.29, 0.717) is 6.54 Å². The van der Waals surface area contributed by atoms with Crippen molar-refractivity contribution in [1.82, 2.24) is 15.0 Å². The van der Waals surface area contributed by atoms with E-state index in [4.69, 9.17) is 5.73 Å². The van der Waals surface area contributed by atoms with Crippen molar-refractivity contribution in [3.05, 3.63) is 47.3 Å². The molecule has 4 nitrogen and oxygen atoms in total. The molecule has 0 bridgehead atoms. The summed E-state index contributed by atoms with van der Waals surface area (Å²) in [5.74, 6) is 0. The zero-order valence-corrected chi connectivity index (χ0v) is 11.4.